The Balaban J connectivity index is 1.88. The molecule has 0 saturated heterocycles. The van der Waals surface area contributed by atoms with Gasteiger partial charge in [-0.05, 0) is 55.8 Å². The Labute approximate surface area is 143 Å². The average Bonchev–Trinajstić information content (AvgIpc) is 2.59. The first kappa shape index (κ1) is 15.0. The van der Waals surface area contributed by atoms with E-state index in [-0.39, 0.29) is 5.41 Å². The summed E-state index contributed by atoms with van der Waals surface area (Å²) in [5.41, 5.74) is 4.12. The van der Waals surface area contributed by atoms with Crippen LogP contribution in [0.1, 0.15) is 26.3 Å². The second-order valence-electron chi connectivity index (χ2n) is 7.55. The molecule has 4 aromatic rings. The minimum Gasteiger partial charge on any atom is -0.0616 e. The van der Waals surface area contributed by atoms with Crippen LogP contribution in [0.5, 0.6) is 0 Å². The van der Waals surface area contributed by atoms with Crippen LogP contribution in [0.4, 0.5) is 0 Å². The maximum absolute atomic E-state index is 2.31. The van der Waals surface area contributed by atoms with Crippen LogP contribution in [0.15, 0.2) is 78.9 Å². The van der Waals surface area contributed by atoms with Crippen molar-refractivity contribution < 1.29 is 0 Å². The van der Waals surface area contributed by atoms with E-state index in [9.17, 15) is 0 Å². The van der Waals surface area contributed by atoms with Gasteiger partial charge in [0.25, 0.3) is 0 Å². The molecule has 0 N–H and O–H groups in total. The fourth-order valence-electron chi connectivity index (χ4n) is 3.49. The molecule has 0 fully saturated rings. The molecule has 0 aromatic heterocycles. The average molecular weight is 310 g/mol. The predicted octanol–water partition coefficient (Wildman–Crippen LogP) is 6.96. The van der Waals surface area contributed by atoms with Crippen LogP contribution >= 0.6 is 0 Å². The zero-order chi connectivity index (χ0) is 16.7. The number of hydrogen-bond donors (Lipinski definition) is 0. The van der Waals surface area contributed by atoms with Gasteiger partial charge in [-0.25, -0.2) is 0 Å². The first-order chi connectivity index (χ1) is 11.5. The molecule has 0 aliphatic carbocycles. The van der Waals surface area contributed by atoms with Gasteiger partial charge in [-0.2, -0.15) is 0 Å². The normalized spacial score (nSPS) is 12.0. The lowest BCUT2D eigenvalue weighted by Crippen LogP contribution is -2.11. The van der Waals surface area contributed by atoms with E-state index in [4.69, 9.17) is 0 Å². The van der Waals surface area contributed by atoms with Crippen LogP contribution in [0.3, 0.4) is 0 Å². The van der Waals surface area contributed by atoms with Gasteiger partial charge in [0.2, 0.25) is 0 Å². The van der Waals surface area contributed by atoms with Crippen molar-refractivity contribution in [2.45, 2.75) is 26.2 Å². The van der Waals surface area contributed by atoms with Gasteiger partial charge in [-0.1, -0.05) is 87.5 Å². The minimum absolute atomic E-state index is 0.157. The highest BCUT2D eigenvalue weighted by atomic mass is 14.2. The molecule has 4 rings (SSSR count). The summed E-state index contributed by atoms with van der Waals surface area (Å²) >= 11 is 0. The molecular weight excluding hydrogens is 288 g/mol. The second-order valence-corrected chi connectivity index (χ2v) is 7.55. The van der Waals surface area contributed by atoms with Crippen molar-refractivity contribution in [1.29, 1.82) is 0 Å². The summed E-state index contributed by atoms with van der Waals surface area (Å²) in [5.74, 6) is 0. The summed E-state index contributed by atoms with van der Waals surface area (Å²) in [4.78, 5) is 0. The molecule has 0 heteroatoms. The standard InChI is InChI=1S/C24H22/c1-24(2,3)23-10-6-9-21-16-20(13-14-22(21)23)19-12-11-17-7-4-5-8-18(17)15-19/h4-16H,1-3H3. The first-order valence-electron chi connectivity index (χ1n) is 8.55. The molecule has 0 aliphatic heterocycles. The van der Waals surface area contributed by atoms with Crippen molar-refractivity contribution in [3.05, 3.63) is 84.4 Å². The Hall–Kier alpha value is -2.60. The Morgan fingerprint density at radius 2 is 1.17 bits per heavy atom. The third-order valence-corrected chi connectivity index (χ3v) is 4.77. The lowest BCUT2D eigenvalue weighted by atomic mass is 9.83. The first-order valence-corrected chi connectivity index (χ1v) is 8.55. The predicted molar refractivity (Wildman–Crippen MR) is 106 cm³/mol. The summed E-state index contributed by atoms with van der Waals surface area (Å²) in [7, 11) is 0. The lowest BCUT2D eigenvalue weighted by molar-refractivity contribution is 0.596. The minimum atomic E-state index is 0.157. The summed E-state index contributed by atoms with van der Waals surface area (Å²) in [6.45, 7) is 6.83. The molecule has 0 radical (unpaired) electrons. The van der Waals surface area contributed by atoms with E-state index in [1.807, 2.05) is 0 Å². The van der Waals surface area contributed by atoms with E-state index in [2.05, 4.69) is 99.6 Å². The zero-order valence-corrected chi connectivity index (χ0v) is 14.5. The number of hydrogen-bond acceptors (Lipinski definition) is 0. The highest BCUT2D eigenvalue weighted by Gasteiger charge is 2.16. The van der Waals surface area contributed by atoms with Gasteiger partial charge in [0.1, 0.15) is 0 Å². The van der Waals surface area contributed by atoms with Crippen molar-refractivity contribution in [1.82, 2.24) is 0 Å². The van der Waals surface area contributed by atoms with Gasteiger partial charge >= 0.3 is 0 Å². The molecular formula is C24H22. The Morgan fingerprint density at radius 3 is 1.92 bits per heavy atom. The molecule has 0 saturated carbocycles. The summed E-state index contributed by atoms with van der Waals surface area (Å²) in [6.07, 6.45) is 0. The largest absolute Gasteiger partial charge is 0.0616 e. The Bertz CT molecular complexity index is 1030. The van der Waals surface area contributed by atoms with Crippen LogP contribution in [0.25, 0.3) is 32.7 Å². The topological polar surface area (TPSA) is 0 Å². The molecule has 0 aliphatic rings. The molecule has 24 heavy (non-hydrogen) atoms. The van der Waals surface area contributed by atoms with Gasteiger partial charge in [-0.15, -0.1) is 0 Å². The Kier molecular flexibility index (Phi) is 3.42. The van der Waals surface area contributed by atoms with Crippen molar-refractivity contribution >= 4 is 21.5 Å². The van der Waals surface area contributed by atoms with Gasteiger partial charge in [0, 0.05) is 0 Å². The zero-order valence-electron chi connectivity index (χ0n) is 14.5. The van der Waals surface area contributed by atoms with Crippen molar-refractivity contribution in [3.63, 3.8) is 0 Å². The molecule has 0 unspecified atom stereocenters. The molecule has 0 heterocycles. The third-order valence-electron chi connectivity index (χ3n) is 4.77. The number of benzene rings is 4. The molecule has 4 aromatic carbocycles. The van der Waals surface area contributed by atoms with E-state index in [0.717, 1.165) is 0 Å². The summed E-state index contributed by atoms with van der Waals surface area (Å²) in [6, 6.07) is 28.7. The highest BCUT2D eigenvalue weighted by molar-refractivity contribution is 5.93. The van der Waals surface area contributed by atoms with Crippen molar-refractivity contribution in [2.24, 2.45) is 0 Å². The van der Waals surface area contributed by atoms with Crippen LogP contribution in [-0.4, -0.2) is 0 Å². The van der Waals surface area contributed by atoms with E-state index in [0.29, 0.717) is 0 Å². The van der Waals surface area contributed by atoms with E-state index in [1.54, 1.807) is 0 Å². The van der Waals surface area contributed by atoms with Gasteiger partial charge in [0.15, 0.2) is 0 Å². The van der Waals surface area contributed by atoms with Crippen LogP contribution in [0.2, 0.25) is 0 Å². The van der Waals surface area contributed by atoms with E-state index >= 15 is 0 Å². The Morgan fingerprint density at radius 1 is 0.542 bits per heavy atom. The second kappa shape index (κ2) is 5.49. The van der Waals surface area contributed by atoms with Gasteiger partial charge in [-0.3, -0.25) is 0 Å². The van der Waals surface area contributed by atoms with Gasteiger partial charge < -0.3 is 0 Å². The number of rotatable bonds is 1. The molecule has 118 valence electrons. The fraction of sp³-hybridized carbons (Fsp3) is 0.167. The number of fused-ring (bicyclic) bond motifs is 2. The molecule has 0 nitrogen and oxygen atoms in total. The summed E-state index contributed by atoms with van der Waals surface area (Å²) < 4.78 is 0. The highest BCUT2D eigenvalue weighted by Crippen LogP contribution is 2.33. The van der Waals surface area contributed by atoms with Gasteiger partial charge in [0.05, 0.1) is 0 Å². The third kappa shape index (κ3) is 2.59. The lowest BCUT2D eigenvalue weighted by Gasteiger charge is -2.21. The van der Waals surface area contributed by atoms with Crippen molar-refractivity contribution in [2.75, 3.05) is 0 Å². The molecule has 0 bridgehead atoms. The van der Waals surface area contributed by atoms with E-state index in [1.165, 1.54) is 38.2 Å². The smallest absolute Gasteiger partial charge is 0.0126 e. The van der Waals surface area contributed by atoms with E-state index < -0.39 is 0 Å². The maximum Gasteiger partial charge on any atom is -0.0126 e. The SMILES string of the molecule is CC(C)(C)c1cccc2cc(-c3ccc4ccccc4c3)ccc12. The van der Waals surface area contributed by atoms with Crippen LogP contribution < -0.4 is 0 Å². The molecule has 0 amide bonds. The fourth-order valence-corrected chi connectivity index (χ4v) is 3.49. The monoisotopic (exact) mass is 310 g/mol. The quantitative estimate of drug-likeness (QED) is 0.356. The summed E-state index contributed by atoms with van der Waals surface area (Å²) in [5, 5.41) is 5.25. The molecule has 0 spiro atoms. The van der Waals surface area contributed by atoms with Crippen molar-refractivity contribution in [3.8, 4) is 11.1 Å². The van der Waals surface area contributed by atoms with Crippen LogP contribution in [0, 0.1) is 0 Å². The molecule has 0 atom stereocenters. The maximum atomic E-state index is 2.31. The van der Waals surface area contributed by atoms with Crippen LogP contribution in [-0.2, 0) is 5.41 Å².